The molecule has 1 aromatic rings. The molecule has 1 aromatic carbocycles. The summed E-state index contributed by atoms with van der Waals surface area (Å²) in [5.41, 5.74) is 2.60. The Bertz CT molecular complexity index is 477. The number of rotatable bonds is 5. The van der Waals surface area contributed by atoms with Gasteiger partial charge < -0.3 is 15.3 Å². The van der Waals surface area contributed by atoms with Gasteiger partial charge in [-0.05, 0) is 30.4 Å². The number of nitrogens with zero attached hydrogens (tertiary/aromatic N) is 1. The molecule has 5 nitrogen and oxygen atoms in total. The van der Waals surface area contributed by atoms with Gasteiger partial charge in [0, 0.05) is 26.1 Å². The maximum atomic E-state index is 12.0. The number of hydrogen-bond donors (Lipinski definition) is 2. The van der Waals surface area contributed by atoms with Crippen molar-refractivity contribution in [3.8, 4) is 0 Å². The summed E-state index contributed by atoms with van der Waals surface area (Å²) in [5, 5.41) is 11.6. The smallest absolute Gasteiger partial charge is 0.317 e. The fourth-order valence-corrected chi connectivity index (χ4v) is 2.51. The van der Waals surface area contributed by atoms with E-state index in [1.54, 1.807) is 11.9 Å². The molecule has 1 aliphatic rings. The van der Waals surface area contributed by atoms with Gasteiger partial charge in [0.15, 0.2) is 0 Å². The molecule has 0 aliphatic heterocycles. The summed E-state index contributed by atoms with van der Waals surface area (Å²) < 4.78 is 0. The van der Waals surface area contributed by atoms with Crippen LogP contribution in [0.1, 0.15) is 24.0 Å². The number of urea groups is 1. The second-order valence-electron chi connectivity index (χ2n) is 5.24. The van der Waals surface area contributed by atoms with Gasteiger partial charge in [0.2, 0.25) is 0 Å². The van der Waals surface area contributed by atoms with E-state index >= 15 is 0 Å². The van der Waals surface area contributed by atoms with Crippen molar-refractivity contribution in [1.82, 2.24) is 10.2 Å². The van der Waals surface area contributed by atoms with Crippen molar-refractivity contribution in [3.05, 3.63) is 35.4 Å². The minimum Gasteiger partial charge on any atom is -0.481 e. The number of carboxylic acids is 1. The van der Waals surface area contributed by atoms with Crippen LogP contribution in [0, 0.1) is 0 Å². The molecule has 2 amide bonds. The lowest BCUT2D eigenvalue weighted by atomic mass is 10.1. The zero-order chi connectivity index (χ0) is 14.5. The van der Waals surface area contributed by atoms with Crippen LogP contribution in [0.2, 0.25) is 0 Å². The van der Waals surface area contributed by atoms with E-state index in [1.165, 1.54) is 11.1 Å². The molecular formula is C15H20N2O3. The first-order chi connectivity index (χ1) is 9.56. The largest absolute Gasteiger partial charge is 0.481 e. The standard InChI is InChI=1S/C15H20N2O3/c1-17(8-4-7-14(18)19)15(20)16-13-9-11-5-2-3-6-12(11)10-13/h2-3,5-6,13H,4,7-10H2,1H3,(H,16,20)(H,18,19). The van der Waals surface area contributed by atoms with Crippen molar-refractivity contribution in [3.63, 3.8) is 0 Å². The number of fused-ring (bicyclic) bond motifs is 1. The Balaban J connectivity index is 1.77. The number of aliphatic carboxylic acids is 1. The Hall–Kier alpha value is -2.04. The maximum absolute atomic E-state index is 12.0. The zero-order valence-electron chi connectivity index (χ0n) is 11.6. The summed E-state index contributed by atoms with van der Waals surface area (Å²) in [4.78, 5) is 24.0. The van der Waals surface area contributed by atoms with Crippen LogP contribution in [-0.4, -0.2) is 41.6 Å². The van der Waals surface area contributed by atoms with Crippen molar-refractivity contribution >= 4 is 12.0 Å². The number of nitrogens with one attached hydrogen (secondary N) is 1. The normalized spacial score (nSPS) is 13.8. The highest BCUT2D eigenvalue weighted by Gasteiger charge is 2.23. The predicted molar refractivity (Wildman–Crippen MR) is 75.7 cm³/mol. The Morgan fingerprint density at radius 3 is 2.45 bits per heavy atom. The lowest BCUT2D eigenvalue weighted by molar-refractivity contribution is -0.137. The number of benzene rings is 1. The minimum absolute atomic E-state index is 0.0898. The second kappa shape index (κ2) is 6.41. The van der Waals surface area contributed by atoms with Gasteiger partial charge in [-0.15, -0.1) is 0 Å². The van der Waals surface area contributed by atoms with Crippen LogP contribution >= 0.6 is 0 Å². The van der Waals surface area contributed by atoms with E-state index in [1.807, 2.05) is 12.1 Å². The summed E-state index contributed by atoms with van der Waals surface area (Å²) in [5.74, 6) is -0.829. The van der Waals surface area contributed by atoms with E-state index in [2.05, 4.69) is 17.4 Å². The van der Waals surface area contributed by atoms with Crippen LogP contribution in [0.3, 0.4) is 0 Å². The van der Waals surface area contributed by atoms with Gasteiger partial charge in [-0.3, -0.25) is 4.79 Å². The summed E-state index contributed by atoms with van der Waals surface area (Å²) in [6, 6.07) is 8.23. The molecule has 0 fully saturated rings. The number of carbonyl (C=O) groups excluding carboxylic acids is 1. The average Bonchev–Trinajstić information content (AvgIpc) is 2.80. The first-order valence-corrected chi connectivity index (χ1v) is 6.86. The van der Waals surface area contributed by atoms with E-state index in [0.717, 1.165) is 12.8 Å². The van der Waals surface area contributed by atoms with Crippen molar-refractivity contribution in [1.29, 1.82) is 0 Å². The molecule has 0 radical (unpaired) electrons. The zero-order valence-corrected chi connectivity index (χ0v) is 11.6. The van der Waals surface area contributed by atoms with Crippen molar-refractivity contribution in [2.24, 2.45) is 0 Å². The molecular weight excluding hydrogens is 256 g/mol. The Labute approximate surface area is 118 Å². The molecule has 2 rings (SSSR count). The first-order valence-electron chi connectivity index (χ1n) is 6.86. The predicted octanol–water partition coefficient (Wildman–Crippen LogP) is 1.66. The van der Waals surface area contributed by atoms with Crippen LogP contribution in [0.25, 0.3) is 0 Å². The van der Waals surface area contributed by atoms with Crippen LogP contribution in [-0.2, 0) is 17.6 Å². The number of carbonyl (C=O) groups is 2. The molecule has 2 N–H and O–H groups in total. The van der Waals surface area contributed by atoms with E-state index < -0.39 is 5.97 Å². The van der Waals surface area contributed by atoms with Crippen LogP contribution < -0.4 is 5.32 Å². The third kappa shape index (κ3) is 3.73. The van der Waals surface area contributed by atoms with Gasteiger partial charge in [0.25, 0.3) is 0 Å². The number of amides is 2. The molecule has 0 atom stereocenters. The van der Waals surface area contributed by atoms with E-state index in [4.69, 9.17) is 5.11 Å². The fourth-order valence-electron chi connectivity index (χ4n) is 2.51. The third-order valence-electron chi connectivity index (χ3n) is 3.61. The summed E-state index contributed by atoms with van der Waals surface area (Å²) >= 11 is 0. The monoisotopic (exact) mass is 276 g/mol. The molecule has 0 heterocycles. The average molecular weight is 276 g/mol. The topological polar surface area (TPSA) is 69.6 Å². The summed E-state index contributed by atoms with van der Waals surface area (Å²) in [6.07, 6.45) is 2.30. The summed E-state index contributed by atoms with van der Waals surface area (Å²) in [7, 11) is 1.69. The Morgan fingerprint density at radius 1 is 1.30 bits per heavy atom. The van der Waals surface area contributed by atoms with E-state index in [9.17, 15) is 9.59 Å². The Morgan fingerprint density at radius 2 is 1.90 bits per heavy atom. The van der Waals surface area contributed by atoms with Crippen molar-refractivity contribution in [2.75, 3.05) is 13.6 Å². The summed E-state index contributed by atoms with van der Waals surface area (Å²) in [6.45, 7) is 0.456. The van der Waals surface area contributed by atoms with Gasteiger partial charge in [-0.25, -0.2) is 4.79 Å². The highest BCUT2D eigenvalue weighted by molar-refractivity contribution is 5.74. The second-order valence-corrected chi connectivity index (χ2v) is 5.24. The van der Waals surface area contributed by atoms with Crippen molar-refractivity contribution in [2.45, 2.75) is 31.7 Å². The third-order valence-corrected chi connectivity index (χ3v) is 3.61. The van der Waals surface area contributed by atoms with Gasteiger partial charge in [-0.1, -0.05) is 24.3 Å². The molecule has 108 valence electrons. The lowest BCUT2D eigenvalue weighted by Crippen LogP contribution is -2.43. The fraction of sp³-hybridized carbons (Fsp3) is 0.467. The molecule has 0 saturated heterocycles. The van der Waals surface area contributed by atoms with Crippen LogP contribution in [0.4, 0.5) is 4.79 Å². The number of carboxylic acid groups (broad SMARTS) is 1. The molecule has 20 heavy (non-hydrogen) atoms. The van der Waals surface area contributed by atoms with E-state index in [0.29, 0.717) is 13.0 Å². The Kier molecular flexibility index (Phi) is 4.61. The molecule has 0 saturated carbocycles. The molecule has 0 unspecified atom stereocenters. The van der Waals surface area contributed by atoms with Crippen molar-refractivity contribution < 1.29 is 14.7 Å². The van der Waals surface area contributed by atoms with Crippen LogP contribution in [0.15, 0.2) is 24.3 Å². The molecule has 0 aromatic heterocycles. The van der Waals surface area contributed by atoms with Gasteiger partial charge in [0.1, 0.15) is 0 Å². The highest BCUT2D eigenvalue weighted by atomic mass is 16.4. The highest BCUT2D eigenvalue weighted by Crippen LogP contribution is 2.21. The minimum atomic E-state index is -0.829. The number of hydrogen-bond acceptors (Lipinski definition) is 2. The van der Waals surface area contributed by atoms with E-state index in [-0.39, 0.29) is 18.5 Å². The van der Waals surface area contributed by atoms with Gasteiger partial charge >= 0.3 is 12.0 Å². The SMILES string of the molecule is CN(CCCC(=O)O)C(=O)NC1Cc2ccccc2C1. The quantitative estimate of drug-likeness (QED) is 0.859. The molecule has 0 spiro atoms. The van der Waals surface area contributed by atoms with Gasteiger partial charge in [-0.2, -0.15) is 0 Å². The maximum Gasteiger partial charge on any atom is 0.317 e. The van der Waals surface area contributed by atoms with Gasteiger partial charge in [0.05, 0.1) is 0 Å². The molecule has 5 heteroatoms. The lowest BCUT2D eigenvalue weighted by Gasteiger charge is -2.20. The molecule has 0 bridgehead atoms. The molecule has 1 aliphatic carbocycles. The first kappa shape index (κ1) is 14.4. The van der Waals surface area contributed by atoms with Crippen LogP contribution in [0.5, 0.6) is 0 Å².